The molecule has 0 saturated carbocycles. The summed E-state index contributed by atoms with van der Waals surface area (Å²) < 4.78 is 2.61. The molecule has 0 saturated heterocycles. The summed E-state index contributed by atoms with van der Waals surface area (Å²) in [5.41, 5.74) is 15.9. The number of anilines is 3. The molecule has 0 N–H and O–H groups in total. The van der Waals surface area contributed by atoms with Crippen LogP contribution in [-0.2, 0) is 5.41 Å². The standard InChI is InChI=1S/C55H39NS/c1-55(2)48-31-28-37-17-9-10-22-43(37)54(48)46-30-27-40(34-49(46)55)44-24-14-25-50(53(44)38-18-7-4-8-19-38)56(41-21-13-20-39(33-41)36-15-5-3-6-16-36)42-29-32-52-47(35-42)45-23-11-12-26-51(45)57-52/h3-35H,1-2H3. The molecule has 0 amide bonds. The predicted molar refractivity (Wildman–Crippen MR) is 245 cm³/mol. The second-order valence-electron chi connectivity index (χ2n) is 15.7. The summed E-state index contributed by atoms with van der Waals surface area (Å²) in [6.45, 7) is 4.77. The second kappa shape index (κ2) is 13.2. The molecule has 9 aromatic carbocycles. The quantitative estimate of drug-likeness (QED) is 0.164. The zero-order valence-electron chi connectivity index (χ0n) is 31.9. The number of thiophene rings is 1. The predicted octanol–water partition coefficient (Wildman–Crippen LogP) is 16.0. The van der Waals surface area contributed by atoms with Crippen molar-refractivity contribution in [1.82, 2.24) is 0 Å². The second-order valence-corrected chi connectivity index (χ2v) is 16.8. The zero-order chi connectivity index (χ0) is 38.1. The summed E-state index contributed by atoms with van der Waals surface area (Å²) in [4.78, 5) is 2.48. The number of hydrogen-bond acceptors (Lipinski definition) is 2. The van der Waals surface area contributed by atoms with Crippen LogP contribution >= 0.6 is 11.3 Å². The van der Waals surface area contributed by atoms with Gasteiger partial charge in [0.15, 0.2) is 0 Å². The first-order chi connectivity index (χ1) is 28.0. The van der Waals surface area contributed by atoms with Crippen LogP contribution < -0.4 is 4.90 Å². The highest BCUT2D eigenvalue weighted by atomic mass is 32.1. The van der Waals surface area contributed by atoms with Gasteiger partial charge in [-0.2, -0.15) is 0 Å². The van der Waals surface area contributed by atoms with Crippen molar-refractivity contribution in [3.63, 3.8) is 0 Å². The van der Waals surface area contributed by atoms with Gasteiger partial charge in [-0.3, -0.25) is 0 Å². The van der Waals surface area contributed by atoms with E-state index in [2.05, 4.69) is 219 Å². The molecule has 1 heterocycles. The molecule has 0 fully saturated rings. The summed E-state index contributed by atoms with van der Waals surface area (Å²) in [7, 11) is 0. The van der Waals surface area contributed by atoms with Crippen LogP contribution in [0.5, 0.6) is 0 Å². The van der Waals surface area contributed by atoms with Gasteiger partial charge in [0, 0.05) is 42.5 Å². The Morgan fingerprint density at radius 2 is 1.07 bits per heavy atom. The Morgan fingerprint density at radius 1 is 0.386 bits per heavy atom. The number of fused-ring (bicyclic) bond motifs is 8. The molecule has 57 heavy (non-hydrogen) atoms. The highest BCUT2D eigenvalue weighted by molar-refractivity contribution is 7.25. The molecule has 1 nitrogen and oxygen atoms in total. The van der Waals surface area contributed by atoms with Crippen LogP contribution in [-0.4, -0.2) is 0 Å². The van der Waals surface area contributed by atoms with E-state index in [1.807, 2.05) is 11.3 Å². The van der Waals surface area contributed by atoms with E-state index in [9.17, 15) is 0 Å². The molecule has 11 rings (SSSR count). The van der Waals surface area contributed by atoms with Gasteiger partial charge in [0.2, 0.25) is 0 Å². The Morgan fingerprint density at radius 3 is 1.91 bits per heavy atom. The maximum Gasteiger partial charge on any atom is 0.0546 e. The lowest BCUT2D eigenvalue weighted by molar-refractivity contribution is 0.661. The largest absolute Gasteiger partial charge is 0.310 e. The molecular weight excluding hydrogens is 707 g/mol. The lowest BCUT2D eigenvalue weighted by atomic mass is 9.81. The number of nitrogens with zero attached hydrogens (tertiary/aromatic N) is 1. The number of benzene rings is 9. The molecular formula is C55H39NS. The number of hydrogen-bond donors (Lipinski definition) is 0. The van der Waals surface area contributed by atoms with Gasteiger partial charge in [0.05, 0.1) is 5.69 Å². The Bertz CT molecular complexity index is 3150. The average Bonchev–Trinajstić information content (AvgIpc) is 3.75. The molecule has 2 heteroatoms. The lowest BCUT2D eigenvalue weighted by Crippen LogP contribution is -2.15. The highest BCUT2D eigenvalue weighted by Crippen LogP contribution is 2.53. The molecule has 1 aromatic heterocycles. The third-order valence-corrected chi connectivity index (χ3v) is 13.2. The van der Waals surface area contributed by atoms with Gasteiger partial charge >= 0.3 is 0 Å². The van der Waals surface area contributed by atoms with E-state index in [4.69, 9.17) is 0 Å². The lowest BCUT2D eigenvalue weighted by Gasteiger charge is -2.30. The smallest absolute Gasteiger partial charge is 0.0546 e. The molecule has 0 atom stereocenters. The van der Waals surface area contributed by atoms with Gasteiger partial charge in [-0.05, 0) is 109 Å². The summed E-state index contributed by atoms with van der Waals surface area (Å²) in [6, 6.07) is 73.9. The van der Waals surface area contributed by atoms with Crippen molar-refractivity contribution >= 4 is 59.3 Å². The van der Waals surface area contributed by atoms with E-state index in [-0.39, 0.29) is 5.41 Å². The molecule has 0 aliphatic heterocycles. The van der Waals surface area contributed by atoms with E-state index in [1.165, 1.54) is 86.6 Å². The van der Waals surface area contributed by atoms with Crippen molar-refractivity contribution in [2.24, 2.45) is 0 Å². The molecule has 0 radical (unpaired) electrons. The fourth-order valence-corrected chi connectivity index (χ4v) is 10.4. The first-order valence-corrected chi connectivity index (χ1v) is 20.6. The first-order valence-electron chi connectivity index (χ1n) is 19.8. The summed E-state index contributed by atoms with van der Waals surface area (Å²) in [5.74, 6) is 0. The summed E-state index contributed by atoms with van der Waals surface area (Å²) in [6.07, 6.45) is 0. The zero-order valence-corrected chi connectivity index (χ0v) is 32.7. The van der Waals surface area contributed by atoms with E-state index >= 15 is 0 Å². The van der Waals surface area contributed by atoms with Gasteiger partial charge in [0.25, 0.3) is 0 Å². The number of rotatable bonds is 6. The molecule has 1 aliphatic rings. The Kier molecular flexibility index (Phi) is 7.77. The Balaban J connectivity index is 1.16. The first kappa shape index (κ1) is 33.6. The molecule has 0 bridgehead atoms. The van der Waals surface area contributed by atoms with Crippen LogP contribution in [0.25, 0.3) is 75.5 Å². The minimum atomic E-state index is -0.141. The van der Waals surface area contributed by atoms with Crippen molar-refractivity contribution in [2.45, 2.75) is 19.3 Å². The van der Waals surface area contributed by atoms with E-state index < -0.39 is 0 Å². The molecule has 0 spiro atoms. The molecule has 270 valence electrons. The van der Waals surface area contributed by atoms with Crippen LogP contribution in [0.2, 0.25) is 0 Å². The third-order valence-electron chi connectivity index (χ3n) is 12.1. The van der Waals surface area contributed by atoms with Crippen molar-refractivity contribution in [3.8, 4) is 44.5 Å². The topological polar surface area (TPSA) is 3.24 Å². The SMILES string of the molecule is CC1(C)c2cc(-c3cccc(N(c4cccc(-c5ccccc5)c4)c4ccc5sc6ccccc6c5c4)c3-c3ccccc3)ccc2-c2c1ccc1ccccc21. The molecule has 10 aromatic rings. The van der Waals surface area contributed by atoms with Crippen LogP contribution in [0, 0.1) is 0 Å². The van der Waals surface area contributed by atoms with Crippen molar-refractivity contribution in [3.05, 3.63) is 211 Å². The van der Waals surface area contributed by atoms with E-state index in [0.717, 1.165) is 17.1 Å². The van der Waals surface area contributed by atoms with Gasteiger partial charge in [-0.25, -0.2) is 0 Å². The van der Waals surface area contributed by atoms with E-state index in [0.29, 0.717) is 0 Å². The summed E-state index contributed by atoms with van der Waals surface area (Å²) in [5, 5.41) is 5.19. The third kappa shape index (κ3) is 5.44. The maximum atomic E-state index is 2.48. The minimum Gasteiger partial charge on any atom is -0.310 e. The molecule has 1 aliphatic carbocycles. The normalized spacial score (nSPS) is 12.9. The Labute approximate surface area is 337 Å². The van der Waals surface area contributed by atoms with Crippen molar-refractivity contribution in [1.29, 1.82) is 0 Å². The average molecular weight is 746 g/mol. The molecule has 0 unspecified atom stereocenters. The maximum absolute atomic E-state index is 2.48. The van der Waals surface area contributed by atoms with Gasteiger partial charge in [-0.1, -0.05) is 166 Å². The highest BCUT2D eigenvalue weighted by Gasteiger charge is 2.37. The summed E-state index contributed by atoms with van der Waals surface area (Å²) >= 11 is 1.86. The van der Waals surface area contributed by atoms with Crippen LogP contribution in [0.3, 0.4) is 0 Å². The monoisotopic (exact) mass is 745 g/mol. The minimum absolute atomic E-state index is 0.141. The van der Waals surface area contributed by atoms with Crippen LogP contribution in [0.1, 0.15) is 25.0 Å². The fourth-order valence-electron chi connectivity index (χ4n) is 9.29. The van der Waals surface area contributed by atoms with Gasteiger partial charge < -0.3 is 4.90 Å². The fraction of sp³-hybridized carbons (Fsp3) is 0.0545. The van der Waals surface area contributed by atoms with E-state index in [1.54, 1.807) is 0 Å². The van der Waals surface area contributed by atoms with Gasteiger partial charge in [-0.15, -0.1) is 11.3 Å². The van der Waals surface area contributed by atoms with Crippen LogP contribution in [0.15, 0.2) is 200 Å². The Hall–Kier alpha value is -6.74. The van der Waals surface area contributed by atoms with Crippen LogP contribution in [0.4, 0.5) is 17.1 Å². The van der Waals surface area contributed by atoms with Crippen molar-refractivity contribution < 1.29 is 0 Å². The van der Waals surface area contributed by atoms with Gasteiger partial charge in [0.1, 0.15) is 0 Å². The van der Waals surface area contributed by atoms with Crippen molar-refractivity contribution in [2.75, 3.05) is 4.90 Å².